The average Bonchev–Trinajstić information content (AvgIpc) is 2.92. The quantitative estimate of drug-likeness (QED) is 0.638. The van der Waals surface area contributed by atoms with Gasteiger partial charge in [0.15, 0.2) is 0 Å². The molecule has 1 aliphatic rings. The maximum Gasteiger partial charge on any atom is 0.310 e. The number of hydrogen-bond donors (Lipinski definition) is 1. The van der Waals surface area contributed by atoms with Crippen molar-refractivity contribution in [2.45, 2.75) is 32.5 Å². The summed E-state index contributed by atoms with van der Waals surface area (Å²) in [4.78, 5) is 25.4. The fourth-order valence-electron chi connectivity index (χ4n) is 2.75. The van der Waals surface area contributed by atoms with E-state index >= 15 is 0 Å². The van der Waals surface area contributed by atoms with Crippen molar-refractivity contribution in [2.75, 3.05) is 7.11 Å². The van der Waals surface area contributed by atoms with E-state index < -0.39 is 23.9 Å². The third-order valence-electron chi connectivity index (χ3n) is 3.81. The number of nitrogens with zero attached hydrogens (tertiary/aromatic N) is 1. The van der Waals surface area contributed by atoms with Crippen molar-refractivity contribution in [3.63, 3.8) is 0 Å². The molecule has 20 heavy (non-hydrogen) atoms. The van der Waals surface area contributed by atoms with E-state index in [2.05, 4.69) is 0 Å². The average molecular weight is 281 g/mol. The molecule has 110 valence electrons. The van der Waals surface area contributed by atoms with Gasteiger partial charge < -0.3 is 19.2 Å². The lowest BCUT2D eigenvalue weighted by molar-refractivity contribution is -0.175. The van der Waals surface area contributed by atoms with Gasteiger partial charge in [0, 0.05) is 0 Å². The molecule has 0 saturated carbocycles. The van der Waals surface area contributed by atoms with Gasteiger partial charge in [-0.15, -0.1) is 0 Å². The van der Waals surface area contributed by atoms with E-state index in [1.165, 1.54) is 13.4 Å². The van der Waals surface area contributed by atoms with Gasteiger partial charge in [0.05, 0.1) is 43.9 Å². The summed E-state index contributed by atoms with van der Waals surface area (Å²) in [5.74, 6) is -0.981. The van der Waals surface area contributed by atoms with Gasteiger partial charge >= 0.3 is 5.97 Å². The number of furan rings is 1. The van der Waals surface area contributed by atoms with Crippen molar-refractivity contribution in [3.05, 3.63) is 24.2 Å². The molecule has 6 nitrogen and oxygen atoms in total. The Hall–Kier alpha value is -1.82. The summed E-state index contributed by atoms with van der Waals surface area (Å²) >= 11 is 0. The van der Waals surface area contributed by atoms with Gasteiger partial charge in [0.1, 0.15) is 5.76 Å². The summed E-state index contributed by atoms with van der Waals surface area (Å²) in [5, 5.41) is 9.74. The zero-order chi connectivity index (χ0) is 14.9. The molecule has 1 N–H and O–H groups in total. The number of rotatable bonds is 5. The maximum absolute atomic E-state index is 12.1. The van der Waals surface area contributed by atoms with Crippen LogP contribution in [-0.4, -0.2) is 41.1 Å². The molecule has 1 fully saturated rings. The van der Waals surface area contributed by atoms with Gasteiger partial charge in [-0.2, -0.15) is 0 Å². The van der Waals surface area contributed by atoms with E-state index in [9.17, 15) is 14.7 Å². The molecule has 1 aromatic rings. The number of carbonyl (C=O) groups is 2. The molecule has 6 heteroatoms. The molecule has 1 aromatic heterocycles. The number of methoxy groups -OCH3 is 1. The minimum atomic E-state index is -0.799. The van der Waals surface area contributed by atoms with Crippen LogP contribution in [0.15, 0.2) is 22.8 Å². The highest BCUT2D eigenvalue weighted by atomic mass is 16.5. The molecule has 0 spiro atoms. The number of aliphatic hydroxyl groups excluding tert-OH is 1. The SMILES string of the molecule is COC(=O)[C@H](C)[C@@H]1[C@@H]([C@H](C)O)C(=O)N1Cc1ccco1. The standard InChI is InChI=1S/C14H19NO5/c1-8(14(18)19-3)12-11(9(2)16)13(17)15(12)7-10-5-4-6-20-10/h4-6,8-9,11-12,16H,7H2,1-3H3/t8-,9+,11-,12-/m1/s1. The normalized spacial score (nSPS) is 25.0. The highest BCUT2D eigenvalue weighted by Gasteiger charge is 2.53. The van der Waals surface area contributed by atoms with Crippen LogP contribution in [0.5, 0.6) is 0 Å². The summed E-state index contributed by atoms with van der Waals surface area (Å²) in [5.41, 5.74) is 0. The second kappa shape index (κ2) is 5.66. The van der Waals surface area contributed by atoms with Crippen LogP contribution in [0.1, 0.15) is 19.6 Å². The van der Waals surface area contributed by atoms with Gasteiger partial charge in [-0.25, -0.2) is 0 Å². The van der Waals surface area contributed by atoms with E-state index in [-0.39, 0.29) is 11.9 Å². The van der Waals surface area contributed by atoms with Gasteiger partial charge in [-0.05, 0) is 26.0 Å². The molecule has 2 heterocycles. The van der Waals surface area contributed by atoms with Gasteiger partial charge in [0.25, 0.3) is 0 Å². The lowest BCUT2D eigenvalue weighted by atomic mass is 9.76. The van der Waals surface area contributed by atoms with E-state index in [4.69, 9.17) is 9.15 Å². The molecule has 0 bridgehead atoms. The lowest BCUT2D eigenvalue weighted by Crippen LogP contribution is -2.66. The van der Waals surface area contributed by atoms with Gasteiger partial charge in [-0.1, -0.05) is 0 Å². The fourth-order valence-corrected chi connectivity index (χ4v) is 2.75. The van der Waals surface area contributed by atoms with Crippen molar-refractivity contribution in [3.8, 4) is 0 Å². The Bertz CT molecular complexity index is 482. The van der Waals surface area contributed by atoms with Crippen LogP contribution in [0.25, 0.3) is 0 Å². The van der Waals surface area contributed by atoms with E-state index in [0.717, 1.165) is 0 Å². The Morgan fingerprint density at radius 3 is 2.75 bits per heavy atom. The van der Waals surface area contributed by atoms with E-state index in [1.807, 2.05) is 0 Å². The maximum atomic E-state index is 12.1. The Kier molecular flexibility index (Phi) is 4.13. The summed E-state index contributed by atoms with van der Waals surface area (Å²) in [6.07, 6.45) is 0.734. The second-order valence-corrected chi connectivity index (χ2v) is 5.11. The number of amides is 1. The number of likely N-dealkylation sites (tertiary alicyclic amines) is 1. The van der Waals surface area contributed by atoms with Gasteiger partial charge in [-0.3, -0.25) is 9.59 Å². The zero-order valence-electron chi connectivity index (χ0n) is 11.8. The molecular weight excluding hydrogens is 262 g/mol. The first-order chi connectivity index (χ1) is 9.47. The number of β-lactam (4-membered cyclic amide) rings is 1. The summed E-state index contributed by atoms with van der Waals surface area (Å²) in [6, 6.07) is 3.13. The Morgan fingerprint density at radius 1 is 1.55 bits per heavy atom. The van der Waals surface area contributed by atoms with Crippen LogP contribution in [0.3, 0.4) is 0 Å². The Balaban J connectivity index is 2.17. The van der Waals surface area contributed by atoms with Crippen LogP contribution in [0.4, 0.5) is 0 Å². The minimum Gasteiger partial charge on any atom is -0.469 e. The van der Waals surface area contributed by atoms with Crippen LogP contribution >= 0.6 is 0 Å². The minimum absolute atomic E-state index is 0.169. The van der Waals surface area contributed by atoms with Crippen LogP contribution < -0.4 is 0 Å². The Labute approximate surface area is 117 Å². The third kappa shape index (κ3) is 2.43. The fraction of sp³-hybridized carbons (Fsp3) is 0.571. The second-order valence-electron chi connectivity index (χ2n) is 5.11. The molecular formula is C14H19NO5. The first kappa shape index (κ1) is 14.6. The molecule has 1 saturated heterocycles. The van der Waals surface area contributed by atoms with E-state index in [1.54, 1.807) is 30.9 Å². The van der Waals surface area contributed by atoms with Crippen molar-refractivity contribution in [1.29, 1.82) is 0 Å². The van der Waals surface area contributed by atoms with Crippen molar-refractivity contribution >= 4 is 11.9 Å². The number of esters is 1. The zero-order valence-corrected chi connectivity index (χ0v) is 11.8. The molecule has 2 rings (SSSR count). The topological polar surface area (TPSA) is 80.0 Å². The predicted molar refractivity (Wildman–Crippen MR) is 69.4 cm³/mol. The van der Waals surface area contributed by atoms with Crippen LogP contribution in [0.2, 0.25) is 0 Å². The van der Waals surface area contributed by atoms with Crippen LogP contribution in [0, 0.1) is 11.8 Å². The van der Waals surface area contributed by atoms with Crippen LogP contribution in [-0.2, 0) is 20.9 Å². The summed E-state index contributed by atoms with van der Waals surface area (Å²) in [7, 11) is 1.31. The largest absolute Gasteiger partial charge is 0.469 e. The summed E-state index contributed by atoms with van der Waals surface area (Å²) in [6.45, 7) is 3.55. The molecule has 1 aliphatic heterocycles. The highest BCUT2D eigenvalue weighted by molar-refractivity contribution is 5.89. The summed E-state index contributed by atoms with van der Waals surface area (Å²) < 4.78 is 9.96. The number of carbonyl (C=O) groups excluding carboxylic acids is 2. The van der Waals surface area contributed by atoms with E-state index in [0.29, 0.717) is 12.3 Å². The molecule has 4 atom stereocenters. The van der Waals surface area contributed by atoms with Crippen molar-refractivity contribution in [1.82, 2.24) is 4.90 Å². The molecule has 0 aliphatic carbocycles. The van der Waals surface area contributed by atoms with Crippen molar-refractivity contribution < 1.29 is 23.8 Å². The number of ether oxygens (including phenoxy) is 1. The lowest BCUT2D eigenvalue weighted by Gasteiger charge is -2.50. The van der Waals surface area contributed by atoms with Gasteiger partial charge in [0.2, 0.25) is 5.91 Å². The monoisotopic (exact) mass is 281 g/mol. The molecule has 0 unspecified atom stereocenters. The Morgan fingerprint density at radius 2 is 2.25 bits per heavy atom. The molecule has 1 amide bonds. The highest BCUT2D eigenvalue weighted by Crippen LogP contribution is 2.36. The number of aliphatic hydroxyl groups is 1. The van der Waals surface area contributed by atoms with Crippen molar-refractivity contribution in [2.24, 2.45) is 11.8 Å². The molecule has 0 radical (unpaired) electrons. The molecule has 0 aromatic carbocycles. The predicted octanol–water partition coefficient (Wildman–Crippen LogP) is 0.796. The number of hydrogen-bond acceptors (Lipinski definition) is 5. The first-order valence-corrected chi connectivity index (χ1v) is 6.56. The third-order valence-corrected chi connectivity index (χ3v) is 3.81. The smallest absolute Gasteiger partial charge is 0.310 e. The first-order valence-electron chi connectivity index (χ1n) is 6.56.